The molecule has 0 atom stereocenters. The minimum Gasteiger partial charge on any atom is -0.345 e. The molecule has 3 aromatic rings. The van der Waals surface area contributed by atoms with Crippen molar-refractivity contribution in [3.8, 4) is 5.69 Å². The highest BCUT2D eigenvalue weighted by atomic mass is 19.1. The molecule has 0 saturated heterocycles. The Balaban J connectivity index is 1.60. The predicted octanol–water partition coefficient (Wildman–Crippen LogP) is 3.86. The number of hydrogen-bond acceptors (Lipinski definition) is 3. The highest BCUT2D eigenvalue weighted by Crippen LogP contribution is 2.29. The van der Waals surface area contributed by atoms with Crippen molar-refractivity contribution in [1.82, 2.24) is 19.6 Å². The standard InChI is InChI=1S/C25H27FN4O2/c1-4-29(16-17-12-14-18(15-13-17)24(31)28(2)3)25(32)23-19-8-7-11-21(19)30(27-23)22-10-6-5-9-20(22)26/h5-6,9-10,12-15H,4,7-8,11,16H2,1-3H3. The normalized spacial score (nSPS) is 12.5. The van der Waals surface area contributed by atoms with Crippen molar-refractivity contribution in [2.75, 3.05) is 20.6 Å². The van der Waals surface area contributed by atoms with Crippen molar-refractivity contribution in [3.05, 3.63) is 82.4 Å². The lowest BCUT2D eigenvalue weighted by Gasteiger charge is -2.21. The molecule has 2 amide bonds. The van der Waals surface area contributed by atoms with Gasteiger partial charge in [0.05, 0.1) is 0 Å². The lowest BCUT2D eigenvalue weighted by molar-refractivity contribution is 0.0744. The van der Waals surface area contributed by atoms with Crippen LogP contribution in [0.1, 0.15) is 51.0 Å². The second-order valence-electron chi connectivity index (χ2n) is 8.21. The molecular weight excluding hydrogens is 407 g/mol. The number of carbonyl (C=O) groups excluding carboxylic acids is 2. The molecule has 0 fully saturated rings. The van der Waals surface area contributed by atoms with Crippen molar-refractivity contribution in [2.24, 2.45) is 0 Å². The van der Waals surface area contributed by atoms with Gasteiger partial charge in [0.25, 0.3) is 11.8 Å². The van der Waals surface area contributed by atoms with Crippen LogP contribution in [0.3, 0.4) is 0 Å². The van der Waals surface area contributed by atoms with E-state index < -0.39 is 0 Å². The molecule has 0 N–H and O–H groups in total. The van der Waals surface area contributed by atoms with Crippen molar-refractivity contribution < 1.29 is 14.0 Å². The zero-order chi connectivity index (χ0) is 22.8. The van der Waals surface area contributed by atoms with Crippen molar-refractivity contribution in [3.63, 3.8) is 0 Å². The zero-order valence-electron chi connectivity index (χ0n) is 18.6. The third kappa shape index (κ3) is 4.02. The summed E-state index contributed by atoms with van der Waals surface area (Å²) in [5, 5.41) is 4.57. The van der Waals surface area contributed by atoms with Gasteiger partial charge >= 0.3 is 0 Å². The van der Waals surface area contributed by atoms with Gasteiger partial charge in [0.15, 0.2) is 5.69 Å². The summed E-state index contributed by atoms with van der Waals surface area (Å²) in [4.78, 5) is 28.8. The highest BCUT2D eigenvalue weighted by molar-refractivity contribution is 5.95. The number of carbonyl (C=O) groups is 2. The summed E-state index contributed by atoms with van der Waals surface area (Å²) >= 11 is 0. The Morgan fingerprint density at radius 3 is 2.41 bits per heavy atom. The SMILES string of the molecule is CCN(Cc1ccc(C(=O)N(C)C)cc1)C(=O)c1nn(-c2ccccc2F)c2c1CCC2. The Morgan fingerprint density at radius 2 is 1.75 bits per heavy atom. The van der Waals surface area contributed by atoms with Gasteiger partial charge in [0.1, 0.15) is 11.5 Å². The maximum absolute atomic E-state index is 14.4. The fraction of sp³-hybridized carbons (Fsp3) is 0.320. The Kier molecular flexibility index (Phi) is 6.08. The molecule has 166 valence electrons. The fourth-order valence-corrected chi connectivity index (χ4v) is 4.14. The summed E-state index contributed by atoms with van der Waals surface area (Å²) in [7, 11) is 3.43. The number of benzene rings is 2. The number of amides is 2. The van der Waals surface area contributed by atoms with Crippen LogP contribution in [0.5, 0.6) is 0 Å². The van der Waals surface area contributed by atoms with Gasteiger partial charge < -0.3 is 9.80 Å². The van der Waals surface area contributed by atoms with Crippen LogP contribution in [0.2, 0.25) is 0 Å². The molecule has 1 heterocycles. The number of rotatable bonds is 6. The first-order valence-electron chi connectivity index (χ1n) is 10.9. The average molecular weight is 435 g/mol. The van der Waals surface area contributed by atoms with Gasteiger partial charge in [-0.25, -0.2) is 9.07 Å². The molecule has 4 rings (SSSR count). The second-order valence-corrected chi connectivity index (χ2v) is 8.21. The van der Waals surface area contributed by atoms with Gasteiger partial charge in [-0.3, -0.25) is 9.59 Å². The Hall–Kier alpha value is -3.48. The van der Waals surface area contributed by atoms with E-state index in [1.54, 1.807) is 54.0 Å². The van der Waals surface area contributed by atoms with Crippen LogP contribution in [0.15, 0.2) is 48.5 Å². The van der Waals surface area contributed by atoms with E-state index in [2.05, 4.69) is 5.10 Å². The van der Waals surface area contributed by atoms with E-state index in [1.165, 1.54) is 11.0 Å². The number of hydrogen-bond donors (Lipinski definition) is 0. The lowest BCUT2D eigenvalue weighted by Crippen LogP contribution is -2.31. The molecule has 0 spiro atoms. The Morgan fingerprint density at radius 1 is 1.03 bits per heavy atom. The third-order valence-electron chi connectivity index (χ3n) is 5.86. The Bertz CT molecular complexity index is 1150. The molecule has 0 unspecified atom stereocenters. The second kappa shape index (κ2) is 8.94. The molecule has 7 heteroatoms. The van der Waals surface area contributed by atoms with Gasteiger partial charge in [0.2, 0.25) is 0 Å². The molecule has 2 aromatic carbocycles. The van der Waals surface area contributed by atoms with Gasteiger partial charge in [-0.2, -0.15) is 5.10 Å². The molecule has 1 aromatic heterocycles. The molecular formula is C25H27FN4O2. The van der Waals surface area contributed by atoms with E-state index in [0.29, 0.717) is 30.0 Å². The van der Waals surface area contributed by atoms with Crippen molar-refractivity contribution >= 4 is 11.8 Å². The van der Waals surface area contributed by atoms with Gasteiger partial charge in [-0.15, -0.1) is 0 Å². The molecule has 0 aliphatic heterocycles. The molecule has 0 radical (unpaired) electrons. The van der Waals surface area contributed by atoms with Crippen LogP contribution >= 0.6 is 0 Å². The van der Waals surface area contributed by atoms with Crippen molar-refractivity contribution in [2.45, 2.75) is 32.7 Å². The lowest BCUT2D eigenvalue weighted by atomic mass is 10.1. The summed E-state index contributed by atoms with van der Waals surface area (Å²) in [6, 6.07) is 13.8. The Labute approximate surface area is 187 Å². The summed E-state index contributed by atoms with van der Waals surface area (Å²) in [5.41, 5.74) is 4.15. The summed E-state index contributed by atoms with van der Waals surface area (Å²) in [6.45, 7) is 2.85. The number of nitrogens with zero attached hydrogens (tertiary/aromatic N) is 4. The first-order chi connectivity index (χ1) is 15.4. The van der Waals surface area contributed by atoms with E-state index in [0.717, 1.165) is 36.1 Å². The minimum atomic E-state index is -0.358. The summed E-state index contributed by atoms with van der Waals surface area (Å²) < 4.78 is 16.0. The maximum Gasteiger partial charge on any atom is 0.274 e. The van der Waals surface area contributed by atoms with E-state index in [4.69, 9.17) is 0 Å². The minimum absolute atomic E-state index is 0.0609. The molecule has 32 heavy (non-hydrogen) atoms. The smallest absolute Gasteiger partial charge is 0.274 e. The first-order valence-corrected chi connectivity index (χ1v) is 10.9. The first kappa shape index (κ1) is 21.7. The van der Waals surface area contributed by atoms with E-state index in [-0.39, 0.29) is 17.6 Å². The molecule has 0 bridgehead atoms. The largest absolute Gasteiger partial charge is 0.345 e. The summed E-state index contributed by atoms with van der Waals surface area (Å²) in [6.07, 6.45) is 2.47. The average Bonchev–Trinajstić information content (AvgIpc) is 3.40. The van der Waals surface area contributed by atoms with Crippen LogP contribution < -0.4 is 0 Å². The number of fused-ring (bicyclic) bond motifs is 1. The molecule has 0 saturated carbocycles. The number of para-hydroxylation sites is 1. The monoisotopic (exact) mass is 434 g/mol. The molecule has 1 aliphatic carbocycles. The fourth-order valence-electron chi connectivity index (χ4n) is 4.14. The van der Waals surface area contributed by atoms with Crippen LogP contribution in [-0.2, 0) is 19.4 Å². The van der Waals surface area contributed by atoms with Crippen LogP contribution in [-0.4, -0.2) is 52.0 Å². The third-order valence-corrected chi connectivity index (χ3v) is 5.86. The zero-order valence-corrected chi connectivity index (χ0v) is 18.6. The van der Waals surface area contributed by atoms with Crippen LogP contribution in [0, 0.1) is 5.82 Å². The highest BCUT2D eigenvalue weighted by Gasteiger charge is 2.30. The van der Waals surface area contributed by atoms with Gasteiger partial charge in [-0.1, -0.05) is 24.3 Å². The topological polar surface area (TPSA) is 58.4 Å². The predicted molar refractivity (Wildman–Crippen MR) is 120 cm³/mol. The molecule has 6 nitrogen and oxygen atoms in total. The van der Waals surface area contributed by atoms with Crippen molar-refractivity contribution in [1.29, 1.82) is 0 Å². The van der Waals surface area contributed by atoms with Crippen LogP contribution in [0.4, 0.5) is 4.39 Å². The van der Waals surface area contributed by atoms with Gasteiger partial charge in [-0.05, 0) is 56.0 Å². The van der Waals surface area contributed by atoms with Crippen LogP contribution in [0.25, 0.3) is 5.69 Å². The number of halogens is 1. The van der Waals surface area contributed by atoms with E-state index >= 15 is 0 Å². The summed E-state index contributed by atoms with van der Waals surface area (Å²) in [5.74, 6) is -0.577. The van der Waals surface area contributed by atoms with E-state index in [1.807, 2.05) is 19.1 Å². The quantitative estimate of drug-likeness (QED) is 0.592. The van der Waals surface area contributed by atoms with Gasteiger partial charge in [0, 0.05) is 44.0 Å². The van der Waals surface area contributed by atoms with E-state index in [9.17, 15) is 14.0 Å². The molecule has 1 aliphatic rings. The maximum atomic E-state index is 14.4. The number of aromatic nitrogens is 2.